The van der Waals surface area contributed by atoms with Crippen LogP contribution >= 0.6 is 11.6 Å². The summed E-state index contributed by atoms with van der Waals surface area (Å²) < 4.78 is 44.5. The number of hydrogen-bond acceptors (Lipinski definition) is 4. The van der Waals surface area contributed by atoms with E-state index in [4.69, 9.17) is 16.0 Å². The van der Waals surface area contributed by atoms with Gasteiger partial charge in [-0.15, -0.1) is 0 Å². The lowest BCUT2D eigenvalue weighted by Gasteiger charge is -2.14. The molecule has 2 aromatic rings. The van der Waals surface area contributed by atoms with Gasteiger partial charge >= 0.3 is 0 Å². The van der Waals surface area contributed by atoms with E-state index in [1.165, 1.54) is 18.4 Å². The van der Waals surface area contributed by atoms with Gasteiger partial charge in [0.1, 0.15) is 17.6 Å². The van der Waals surface area contributed by atoms with E-state index < -0.39 is 28.5 Å². The zero-order valence-electron chi connectivity index (χ0n) is 10.8. The van der Waals surface area contributed by atoms with Crippen LogP contribution < -0.4 is 4.72 Å². The lowest BCUT2D eigenvalue weighted by Crippen LogP contribution is -2.31. The third-order valence-electron chi connectivity index (χ3n) is 2.73. The maximum absolute atomic E-state index is 13.0. The number of furan rings is 1. The van der Waals surface area contributed by atoms with Crippen molar-refractivity contribution in [3.05, 3.63) is 58.8 Å². The van der Waals surface area contributed by atoms with Crippen molar-refractivity contribution < 1.29 is 22.3 Å². The van der Waals surface area contributed by atoms with E-state index in [-0.39, 0.29) is 10.8 Å². The highest BCUT2D eigenvalue weighted by molar-refractivity contribution is 7.88. The lowest BCUT2D eigenvalue weighted by atomic mass is 10.2. The minimum absolute atomic E-state index is 0.146. The van der Waals surface area contributed by atoms with Crippen molar-refractivity contribution in [2.24, 2.45) is 0 Å². The molecular formula is C13H13ClFNO4S. The van der Waals surface area contributed by atoms with E-state index in [1.54, 1.807) is 12.1 Å². The van der Waals surface area contributed by atoms with Gasteiger partial charge in [-0.05, 0) is 29.8 Å². The number of aliphatic hydroxyl groups is 1. The summed E-state index contributed by atoms with van der Waals surface area (Å²) in [6, 6.07) is 5.95. The second-order valence-electron chi connectivity index (χ2n) is 4.38. The molecule has 1 heterocycles. The Hall–Kier alpha value is -1.41. The van der Waals surface area contributed by atoms with Gasteiger partial charge in [-0.3, -0.25) is 0 Å². The Morgan fingerprint density at radius 1 is 1.38 bits per heavy atom. The first kappa shape index (κ1) is 16.0. The molecule has 1 aromatic heterocycles. The molecule has 21 heavy (non-hydrogen) atoms. The number of benzene rings is 1. The SMILES string of the molecule is O=S(=O)(Cc1ccc(F)c(Cl)c1)N[C@@H](CO)c1ccco1. The summed E-state index contributed by atoms with van der Waals surface area (Å²) in [4.78, 5) is 0. The first-order chi connectivity index (χ1) is 9.91. The van der Waals surface area contributed by atoms with Crippen LogP contribution in [-0.2, 0) is 15.8 Å². The van der Waals surface area contributed by atoms with Crippen LogP contribution in [0.25, 0.3) is 0 Å². The summed E-state index contributed by atoms with van der Waals surface area (Å²) in [7, 11) is -3.75. The first-order valence-corrected chi connectivity index (χ1v) is 8.02. The Bertz CT molecular complexity index is 703. The topological polar surface area (TPSA) is 79.5 Å². The normalized spacial score (nSPS) is 13.3. The third-order valence-corrected chi connectivity index (χ3v) is 4.38. The molecule has 0 aliphatic carbocycles. The van der Waals surface area contributed by atoms with Crippen LogP contribution in [0, 0.1) is 5.82 Å². The summed E-state index contributed by atoms with van der Waals surface area (Å²) in [5, 5.41) is 9.10. The first-order valence-electron chi connectivity index (χ1n) is 5.99. The summed E-state index contributed by atoms with van der Waals surface area (Å²) >= 11 is 5.61. The molecule has 5 nitrogen and oxygen atoms in total. The second-order valence-corrected chi connectivity index (χ2v) is 6.54. The maximum Gasteiger partial charge on any atom is 0.216 e. The highest BCUT2D eigenvalue weighted by Gasteiger charge is 2.21. The molecule has 0 saturated carbocycles. The number of nitrogens with one attached hydrogen (secondary N) is 1. The Morgan fingerprint density at radius 2 is 2.14 bits per heavy atom. The van der Waals surface area contributed by atoms with Crippen molar-refractivity contribution in [1.82, 2.24) is 4.72 Å². The minimum Gasteiger partial charge on any atom is -0.468 e. The van der Waals surface area contributed by atoms with Gasteiger partial charge in [0.25, 0.3) is 0 Å². The molecule has 0 aliphatic rings. The zero-order chi connectivity index (χ0) is 15.5. The van der Waals surface area contributed by atoms with Crippen LogP contribution in [-0.4, -0.2) is 20.1 Å². The Kier molecular flexibility index (Phi) is 5.00. The van der Waals surface area contributed by atoms with E-state index in [0.29, 0.717) is 11.3 Å². The summed E-state index contributed by atoms with van der Waals surface area (Å²) in [5.41, 5.74) is 0.338. The molecule has 0 unspecified atom stereocenters. The van der Waals surface area contributed by atoms with Crippen LogP contribution in [0.4, 0.5) is 4.39 Å². The summed E-state index contributed by atoms with van der Waals surface area (Å²) in [5.74, 6) is -0.697. The molecule has 1 aromatic carbocycles. The number of rotatable bonds is 6. The Labute approximate surface area is 126 Å². The number of aliphatic hydroxyl groups excluding tert-OH is 1. The number of halogens is 2. The predicted molar refractivity (Wildman–Crippen MR) is 75.7 cm³/mol. The van der Waals surface area contributed by atoms with Gasteiger partial charge in [-0.1, -0.05) is 17.7 Å². The van der Waals surface area contributed by atoms with Crippen molar-refractivity contribution in [3.8, 4) is 0 Å². The summed E-state index contributed by atoms with van der Waals surface area (Å²) in [6.45, 7) is -0.448. The molecule has 114 valence electrons. The molecule has 0 bridgehead atoms. The molecule has 8 heteroatoms. The van der Waals surface area contributed by atoms with Crippen LogP contribution in [0.5, 0.6) is 0 Å². The summed E-state index contributed by atoms with van der Waals surface area (Å²) in [6.07, 6.45) is 1.38. The number of hydrogen-bond donors (Lipinski definition) is 2. The average Bonchev–Trinajstić information content (AvgIpc) is 2.94. The molecule has 2 rings (SSSR count). The van der Waals surface area contributed by atoms with Gasteiger partial charge in [-0.25, -0.2) is 17.5 Å². The third kappa shape index (κ3) is 4.28. The molecule has 0 fully saturated rings. The Balaban J connectivity index is 2.12. The molecule has 0 saturated heterocycles. The highest BCUT2D eigenvalue weighted by Crippen LogP contribution is 2.19. The van der Waals surface area contributed by atoms with E-state index in [1.807, 2.05) is 0 Å². The monoisotopic (exact) mass is 333 g/mol. The van der Waals surface area contributed by atoms with Crippen LogP contribution in [0.2, 0.25) is 5.02 Å². The van der Waals surface area contributed by atoms with Crippen molar-refractivity contribution in [2.45, 2.75) is 11.8 Å². The Morgan fingerprint density at radius 3 is 2.71 bits per heavy atom. The molecule has 0 amide bonds. The molecule has 0 spiro atoms. The van der Waals surface area contributed by atoms with Gasteiger partial charge in [0.2, 0.25) is 10.0 Å². The quantitative estimate of drug-likeness (QED) is 0.849. The van der Waals surface area contributed by atoms with Crippen LogP contribution in [0.1, 0.15) is 17.4 Å². The van der Waals surface area contributed by atoms with E-state index in [2.05, 4.69) is 4.72 Å². The maximum atomic E-state index is 13.0. The van der Waals surface area contributed by atoms with Gasteiger partial charge in [0, 0.05) is 0 Å². The van der Waals surface area contributed by atoms with Crippen molar-refractivity contribution in [1.29, 1.82) is 0 Å². The van der Waals surface area contributed by atoms with E-state index in [0.717, 1.165) is 6.07 Å². The highest BCUT2D eigenvalue weighted by atomic mass is 35.5. The van der Waals surface area contributed by atoms with Gasteiger partial charge in [0.05, 0.1) is 23.6 Å². The van der Waals surface area contributed by atoms with Gasteiger partial charge in [-0.2, -0.15) is 0 Å². The molecule has 0 aliphatic heterocycles. The van der Waals surface area contributed by atoms with E-state index in [9.17, 15) is 17.9 Å². The van der Waals surface area contributed by atoms with E-state index >= 15 is 0 Å². The van der Waals surface area contributed by atoms with Gasteiger partial charge in [0.15, 0.2) is 0 Å². The van der Waals surface area contributed by atoms with Crippen molar-refractivity contribution in [2.75, 3.05) is 6.61 Å². The lowest BCUT2D eigenvalue weighted by molar-refractivity contribution is 0.242. The molecule has 0 radical (unpaired) electrons. The fourth-order valence-corrected chi connectivity index (χ4v) is 3.31. The fourth-order valence-electron chi connectivity index (χ4n) is 1.78. The fraction of sp³-hybridized carbons (Fsp3) is 0.231. The standard InChI is InChI=1S/C13H13ClFNO4S/c14-10-6-9(3-4-11(10)15)8-21(18,19)16-12(7-17)13-2-1-5-20-13/h1-6,12,16-17H,7-8H2/t12-/m0/s1. The zero-order valence-corrected chi connectivity index (χ0v) is 12.4. The molecule has 2 N–H and O–H groups in total. The largest absolute Gasteiger partial charge is 0.468 e. The molecule has 1 atom stereocenters. The number of sulfonamides is 1. The average molecular weight is 334 g/mol. The van der Waals surface area contributed by atoms with Crippen molar-refractivity contribution in [3.63, 3.8) is 0 Å². The predicted octanol–water partition coefficient (Wildman–Crippen LogP) is 2.23. The van der Waals surface area contributed by atoms with Gasteiger partial charge < -0.3 is 9.52 Å². The smallest absolute Gasteiger partial charge is 0.216 e. The van der Waals surface area contributed by atoms with Crippen LogP contribution in [0.3, 0.4) is 0 Å². The molecular weight excluding hydrogens is 321 g/mol. The second kappa shape index (κ2) is 6.57. The van der Waals surface area contributed by atoms with Crippen molar-refractivity contribution >= 4 is 21.6 Å². The minimum atomic E-state index is -3.75. The van der Waals surface area contributed by atoms with Crippen LogP contribution in [0.15, 0.2) is 41.0 Å².